The van der Waals surface area contributed by atoms with Crippen LogP contribution in [0.4, 0.5) is 5.69 Å². The summed E-state index contributed by atoms with van der Waals surface area (Å²) in [4.78, 5) is 16.0. The van der Waals surface area contributed by atoms with Crippen molar-refractivity contribution in [2.75, 3.05) is 5.73 Å². The monoisotopic (exact) mass is 398 g/mol. The largest absolute Gasteiger partial charge is 0.396 e. The molecule has 0 bridgehead atoms. The number of hydrogen-bond acceptors (Lipinski definition) is 4. The number of hydrogen-bond donors (Lipinski definition) is 2. The first-order valence-corrected chi connectivity index (χ1v) is 8.48. The van der Waals surface area contributed by atoms with Crippen molar-refractivity contribution in [3.63, 3.8) is 0 Å². The summed E-state index contributed by atoms with van der Waals surface area (Å²) in [7, 11) is 0. The van der Waals surface area contributed by atoms with Gasteiger partial charge >= 0.3 is 0 Å². The van der Waals surface area contributed by atoms with Gasteiger partial charge in [-0.2, -0.15) is 5.10 Å². The minimum atomic E-state index is -0.641. The van der Waals surface area contributed by atoms with Gasteiger partial charge in [-0.1, -0.05) is 79.8 Å². The molecule has 1 aromatic carbocycles. The van der Waals surface area contributed by atoms with Gasteiger partial charge in [-0.3, -0.25) is 4.79 Å². The van der Waals surface area contributed by atoms with Gasteiger partial charge in [-0.25, -0.2) is 10.4 Å². The summed E-state index contributed by atoms with van der Waals surface area (Å²) in [6.07, 6.45) is 1.51. The number of benzene rings is 1. The Bertz CT molecular complexity index is 827. The van der Waals surface area contributed by atoms with Gasteiger partial charge in [0.15, 0.2) is 10.8 Å². The summed E-state index contributed by atoms with van der Waals surface area (Å²) >= 11 is 17.6. The van der Waals surface area contributed by atoms with Crippen LogP contribution in [-0.2, 0) is 5.41 Å². The number of nitrogens with one attached hydrogen (secondary N) is 1. The third-order valence-electron chi connectivity index (χ3n) is 3.44. The van der Waals surface area contributed by atoms with E-state index in [4.69, 9.17) is 40.5 Å². The van der Waals surface area contributed by atoms with Crippen LogP contribution in [0.15, 0.2) is 29.4 Å². The molecular weight excluding hydrogens is 383 g/mol. The second kappa shape index (κ2) is 7.60. The normalized spacial score (nSPS) is 11.8. The average Bonchev–Trinajstić information content (AvgIpc) is 2.55. The van der Waals surface area contributed by atoms with E-state index in [-0.39, 0.29) is 32.0 Å². The molecular formula is C17H17Cl3N4O. The standard InChI is InChI=1S/C17H17Cl3N4O/c1-17(2,3)10-6-4-9(5-7-10)8-22-24-16(25)14-11(18)13(21)12(19)15(20)23-14/h4-8H,1-3H3,(H2,21,23)(H,24,25). The number of amides is 1. The summed E-state index contributed by atoms with van der Waals surface area (Å²) in [6, 6.07) is 7.86. The predicted molar refractivity (Wildman–Crippen MR) is 104 cm³/mol. The van der Waals surface area contributed by atoms with Gasteiger partial charge in [0.2, 0.25) is 0 Å². The van der Waals surface area contributed by atoms with Crippen molar-refractivity contribution in [1.29, 1.82) is 0 Å². The Morgan fingerprint density at radius 2 is 1.76 bits per heavy atom. The summed E-state index contributed by atoms with van der Waals surface area (Å²) in [6.45, 7) is 6.40. The molecule has 1 heterocycles. The molecule has 0 radical (unpaired) electrons. The Morgan fingerprint density at radius 1 is 1.16 bits per heavy atom. The highest BCUT2D eigenvalue weighted by atomic mass is 35.5. The van der Waals surface area contributed by atoms with E-state index in [0.29, 0.717) is 0 Å². The number of nitrogens with two attached hydrogens (primary N) is 1. The molecule has 0 atom stereocenters. The van der Waals surface area contributed by atoms with Gasteiger partial charge in [0.25, 0.3) is 5.91 Å². The molecule has 0 saturated heterocycles. The van der Waals surface area contributed by atoms with E-state index in [1.807, 2.05) is 24.3 Å². The first kappa shape index (κ1) is 19.5. The first-order chi connectivity index (χ1) is 11.6. The Morgan fingerprint density at radius 3 is 2.32 bits per heavy atom. The second-order valence-electron chi connectivity index (χ2n) is 6.36. The van der Waals surface area contributed by atoms with Crippen molar-refractivity contribution in [3.8, 4) is 0 Å². The van der Waals surface area contributed by atoms with Gasteiger partial charge < -0.3 is 5.73 Å². The molecule has 0 saturated carbocycles. The third kappa shape index (κ3) is 4.63. The lowest BCUT2D eigenvalue weighted by molar-refractivity contribution is 0.0950. The number of aromatic nitrogens is 1. The summed E-state index contributed by atoms with van der Waals surface area (Å²) < 4.78 is 0. The Labute approximate surface area is 161 Å². The van der Waals surface area contributed by atoms with Gasteiger partial charge in [0, 0.05) is 0 Å². The highest BCUT2D eigenvalue weighted by Crippen LogP contribution is 2.34. The van der Waals surface area contributed by atoms with Crippen LogP contribution in [0.3, 0.4) is 0 Å². The van der Waals surface area contributed by atoms with E-state index in [0.717, 1.165) is 5.56 Å². The van der Waals surface area contributed by atoms with Crippen molar-refractivity contribution >= 4 is 52.6 Å². The topological polar surface area (TPSA) is 80.4 Å². The molecule has 1 aromatic heterocycles. The fourth-order valence-corrected chi connectivity index (χ4v) is 2.56. The van der Waals surface area contributed by atoms with Crippen molar-refractivity contribution in [1.82, 2.24) is 10.4 Å². The zero-order chi connectivity index (χ0) is 18.8. The van der Waals surface area contributed by atoms with E-state index < -0.39 is 5.91 Å². The van der Waals surface area contributed by atoms with Crippen LogP contribution in [0, 0.1) is 0 Å². The molecule has 3 N–H and O–H groups in total. The molecule has 0 aliphatic carbocycles. The summed E-state index contributed by atoms with van der Waals surface area (Å²) in [5, 5.41) is 3.72. The molecule has 0 aliphatic heterocycles. The zero-order valence-corrected chi connectivity index (χ0v) is 16.2. The number of halogens is 3. The SMILES string of the molecule is CC(C)(C)c1ccc(C=NNC(=O)c2nc(Cl)c(Cl)c(N)c2Cl)cc1. The molecule has 5 nitrogen and oxygen atoms in total. The summed E-state index contributed by atoms with van der Waals surface area (Å²) in [5.74, 6) is -0.641. The van der Waals surface area contributed by atoms with E-state index in [2.05, 4.69) is 36.3 Å². The Balaban J connectivity index is 2.11. The number of rotatable bonds is 3. The summed E-state index contributed by atoms with van der Waals surface area (Å²) in [5.41, 5.74) is 9.98. The molecule has 0 aliphatic rings. The van der Waals surface area contributed by atoms with E-state index >= 15 is 0 Å². The van der Waals surface area contributed by atoms with Gasteiger partial charge in [0.05, 0.1) is 16.9 Å². The minimum Gasteiger partial charge on any atom is -0.396 e. The van der Waals surface area contributed by atoms with Gasteiger partial charge in [-0.15, -0.1) is 0 Å². The quantitative estimate of drug-likeness (QED) is 0.446. The van der Waals surface area contributed by atoms with Crippen LogP contribution in [0.25, 0.3) is 0 Å². The van der Waals surface area contributed by atoms with Crippen molar-refractivity contribution < 1.29 is 4.79 Å². The molecule has 0 spiro atoms. The van der Waals surface area contributed by atoms with Crippen molar-refractivity contribution in [3.05, 3.63) is 56.3 Å². The lowest BCUT2D eigenvalue weighted by Gasteiger charge is -2.18. The Hall–Kier alpha value is -1.82. The average molecular weight is 400 g/mol. The van der Waals surface area contributed by atoms with E-state index in [9.17, 15) is 4.79 Å². The molecule has 1 amide bonds. The Kier molecular flexibility index (Phi) is 5.93. The van der Waals surface area contributed by atoms with E-state index in [1.54, 1.807) is 0 Å². The molecule has 2 aromatic rings. The third-order valence-corrected chi connectivity index (χ3v) is 4.58. The molecule has 132 valence electrons. The number of anilines is 1. The molecule has 2 rings (SSSR count). The highest BCUT2D eigenvalue weighted by molar-refractivity contribution is 6.46. The number of hydrazone groups is 1. The molecule has 8 heteroatoms. The number of nitrogens with zero attached hydrogens (tertiary/aromatic N) is 2. The van der Waals surface area contributed by atoms with Crippen LogP contribution in [0.2, 0.25) is 15.2 Å². The second-order valence-corrected chi connectivity index (χ2v) is 7.48. The van der Waals surface area contributed by atoms with Gasteiger partial charge in [-0.05, 0) is 16.5 Å². The maximum atomic E-state index is 12.1. The van der Waals surface area contributed by atoms with Crippen LogP contribution in [0.1, 0.15) is 42.4 Å². The number of carbonyl (C=O) groups excluding carboxylic acids is 1. The lowest BCUT2D eigenvalue weighted by atomic mass is 9.87. The van der Waals surface area contributed by atoms with Crippen LogP contribution in [0.5, 0.6) is 0 Å². The predicted octanol–water partition coefficient (Wildman–Crippen LogP) is 4.69. The fraction of sp³-hybridized carbons (Fsp3) is 0.235. The number of carbonyl (C=O) groups is 1. The number of pyridine rings is 1. The number of nitrogen functional groups attached to an aromatic ring is 1. The lowest BCUT2D eigenvalue weighted by Crippen LogP contribution is -2.20. The first-order valence-electron chi connectivity index (χ1n) is 7.35. The van der Waals surface area contributed by atoms with Crippen LogP contribution in [-0.4, -0.2) is 17.1 Å². The van der Waals surface area contributed by atoms with Crippen LogP contribution >= 0.6 is 34.8 Å². The van der Waals surface area contributed by atoms with E-state index in [1.165, 1.54) is 11.8 Å². The highest BCUT2D eigenvalue weighted by Gasteiger charge is 2.19. The van der Waals surface area contributed by atoms with Crippen molar-refractivity contribution in [2.45, 2.75) is 26.2 Å². The molecule has 0 unspecified atom stereocenters. The van der Waals surface area contributed by atoms with Crippen LogP contribution < -0.4 is 11.2 Å². The smallest absolute Gasteiger partial charge is 0.291 e. The maximum Gasteiger partial charge on any atom is 0.291 e. The fourth-order valence-electron chi connectivity index (χ4n) is 1.97. The molecule has 25 heavy (non-hydrogen) atoms. The molecule has 0 fully saturated rings. The van der Waals surface area contributed by atoms with Gasteiger partial charge in [0.1, 0.15) is 5.02 Å². The minimum absolute atomic E-state index is 0.00441. The van der Waals surface area contributed by atoms with Crippen molar-refractivity contribution in [2.24, 2.45) is 5.10 Å². The zero-order valence-electron chi connectivity index (χ0n) is 13.9. The maximum absolute atomic E-state index is 12.1.